The minimum atomic E-state index is -1.37. The summed E-state index contributed by atoms with van der Waals surface area (Å²) in [6, 6.07) is 11.4. The highest BCUT2D eigenvalue weighted by Gasteiger charge is 2.44. The number of nitrogens with zero attached hydrogens (tertiary/aromatic N) is 1. The lowest BCUT2D eigenvalue weighted by Crippen LogP contribution is -2.78. The molecule has 1 saturated heterocycles. The van der Waals surface area contributed by atoms with Crippen LogP contribution in [0.15, 0.2) is 30.3 Å². The second-order valence-electron chi connectivity index (χ2n) is 9.57. The fourth-order valence-electron chi connectivity index (χ4n) is 4.99. The van der Waals surface area contributed by atoms with Crippen molar-refractivity contribution in [1.29, 1.82) is 0 Å². The number of nitrogens with two attached hydrogens (primary N) is 1. The first kappa shape index (κ1) is 23.6. The summed E-state index contributed by atoms with van der Waals surface area (Å²) >= 11 is 0. The molecule has 6 heteroatoms. The van der Waals surface area contributed by atoms with Crippen LogP contribution in [0.25, 0.3) is 0 Å². The molecule has 5 nitrogen and oxygen atoms in total. The van der Waals surface area contributed by atoms with Crippen LogP contribution in [0.2, 0.25) is 0 Å². The highest BCUT2D eigenvalue weighted by Crippen LogP contribution is 2.30. The molecule has 1 heterocycles. The van der Waals surface area contributed by atoms with E-state index in [9.17, 15) is 0 Å². The van der Waals surface area contributed by atoms with Gasteiger partial charge < -0.3 is 11.1 Å². The summed E-state index contributed by atoms with van der Waals surface area (Å²) in [5, 5.41) is 10.7. The summed E-state index contributed by atoms with van der Waals surface area (Å²) in [6.45, 7) is 6.27. The SMILES string of the molecule is CCC(CCc1ccccc1)NCC1NC(N)N(C2CCCCC2)C(C(C)(C)F)N1. The highest BCUT2D eigenvalue weighted by atomic mass is 19.1. The molecule has 30 heavy (non-hydrogen) atoms. The second kappa shape index (κ2) is 11.0. The first-order chi connectivity index (χ1) is 14.4. The van der Waals surface area contributed by atoms with Crippen molar-refractivity contribution in [3.05, 3.63) is 35.9 Å². The van der Waals surface area contributed by atoms with E-state index in [1.54, 1.807) is 13.8 Å². The van der Waals surface area contributed by atoms with Gasteiger partial charge in [0.1, 0.15) is 12.0 Å². The van der Waals surface area contributed by atoms with E-state index in [-0.39, 0.29) is 18.6 Å². The Labute approximate surface area is 182 Å². The molecule has 2 fully saturated rings. The van der Waals surface area contributed by atoms with Gasteiger partial charge in [0, 0.05) is 18.6 Å². The molecule has 3 rings (SSSR count). The summed E-state index contributed by atoms with van der Waals surface area (Å²) in [5.41, 5.74) is 6.54. The fraction of sp³-hybridized carbons (Fsp3) is 0.750. The Kier molecular flexibility index (Phi) is 8.66. The maximum atomic E-state index is 15.2. The van der Waals surface area contributed by atoms with Crippen LogP contribution in [-0.4, -0.2) is 47.8 Å². The molecular formula is C24H42FN5. The average molecular weight is 420 g/mol. The maximum Gasteiger partial charge on any atom is 0.134 e. The number of benzene rings is 1. The lowest BCUT2D eigenvalue weighted by atomic mass is 9.91. The molecule has 1 aliphatic carbocycles. The smallest absolute Gasteiger partial charge is 0.134 e. The van der Waals surface area contributed by atoms with Crippen LogP contribution in [-0.2, 0) is 6.42 Å². The number of aryl methyl sites for hydroxylation is 1. The Balaban J connectivity index is 1.55. The van der Waals surface area contributed by atoms with E-state index >= 15 is 4.39 Å². The van der Waals surface area contributed by atoms with Crippen molar-refractivity contribution in [1.82, 2.24) is 20.9 Å². The van der Waals surface area contributed by atoms with Crippen LogP contribution in [0, 0.1) is 0 Å². The van der Waals surface area contributed by atoms with Crippen molar-refractivity contribution in [2.45, 2.75) is 109 Å². The molecule has 1 aromatic rings. The van der Waals surface area contributed by atoms with E-state index in [0.717, 1.165) is 38.6 Å². The quantitative estimate of drug-likeness (QED) is 0.494. The third-order valence-corrected chi connectivity index (χ3v) is 6.72. The van der Waals surface area contributed by atoms with Gasteiger partial charge in [-0.15, -0.1) is 0 Å². The molecular weight excluding hydrogens is 377 g/mol. The van der Waals surface area contributed by atoms with Gasteiger partial charge in [0.25, 0.3) is 0 Å². The van der Waals surface area contributed by atoms with Crippen molar-refractivity contribution in [3.63, 3.8) is 0 Å². The molecule has 0 aromatic heterocycles. The zero-order valence-corrected chi connectivity index (χ0v) is 19.0. The van der Waals surface area contributed by atoms with Crippen molar-refractivity contribution < 1.29 is 4.39 Å². The van der Waals surface area contributed by atoms with Crippen LogP contribution in [0.3, 0.4) is 0 Å². The molecule has 170 valence electrons. The molecule has 1 saturated carbocycles. The van der Waals surface area contributed by atoms with Crippen molar-refractivity contribution in [2.75, 3.05) is 6.54 Å². The van der Waals surface area contributed by atoms with Gasteiger partial charge in [-0.3, -0.25) is 15.5 Å². The highest BCUT2D eigenvalue weighted by molar-refractivity contribution is 5.14. The topological polar surface area (TPSA) is 65.3 Å². The summed E-state index contributed by atoms with van der Waals surface area (Å²) < 4.78 is 15.2. The van der Waals surface area contributed by atoms with Gasteiger partial charge >= 0.3 is 0 Å². The summed E-state index contributed by atoms with van der Waals surface area (Å²) in [6.07, 6.45) is 8.35. The zero-order valence-electron chi connectivity index (χ0n) is 19.0. The van der Waals surface area contributed by atoms with E-state index in [1.807, 2.05) is 0 Å². The van der Waals surface area contributed by atoms with E-state index in [1.165, 1.54) is 24.8 Å². The molecule has 0 radical (unpaired) electrons. The Morgan fingerprint density at radius 3 is 2.50 bits per heavy atom. The summed E-state index contributed by atoms with van der Waals surface area (Å²) in [5.74, 6) is 0. The van der Waals surface area contributed by atoms with Gasteiger partial charge in [-0.1, -0.05) is 56.5 Å². The van der Waals surface area contributed by atoms with E-state index in [2.05, 4.69) is 58.1 Å². The third kappa shape index (κ3) is 6.47. The van der Waals surface area contributed by atoms with Gasteiger partial charge in [0.15, 0.2) is 0 Å². The number of hydrogen-bond donors (Lipinski definition) is 4. The van der Waals surface area contributed by atoms with Crippen molar-refractivity contribution in [3.8, 4) is 0 Å². The Hall–Kier alpha value is -1.05. The minimum absolute atomic E-state index is 0.0503. The third-order valence-electron chi connectivity index (χ3n) is 6.72. The zero-order chi connectivity index (χ0) is 21.6. The number of hydrogen-bond acceptors (Lipinski definition) is 5. The number of nitrogens with one attached hydrogen (secondary N) is 3. The van der Waals surface area contributed by atoms with E-state index in [4.69, 9.17) is 5.73 Å². The lowest BCUT2D eigenvalue weighted by Gasteiger charge is -2.52. The molecule has 2 aliphatic rings. The fourth-order valence-corrected chi connectivity index (χ4v) is 4.99. The van der Waals surface area contributed by atoms with Gasteiger partial charge in [0.2, 0.25) is 0 Å². The number of alkyl halides is 1. The maximum absolute atomic E-state index is 15.2. The van der Waals surface area contributed by atoms with Crippen LogP contribution in [0.4, 0.5) is 4.39 Å². The van der Waals surface area contributed by atoms with Gasteiger partial charge in [-0.25, -0.2) is 4.39 Å². The summed E-state index contributed by atoms with van der Waals surface area (Å²) in [4.78, 5) is 2.16. The Bertz CT molecular complexity index is 614. The largest absolute Gasteiger partial charge is 0.311 e. The molecule has 0 amide bonds. The standard InChI is InChI=1S/C24H42FN5/c1-4-19(16-15-18-11-7-5-8-12-18)27-17-21-28-22(24(2,3)25)30(23(26)29-21)20-13-9-6-10-14-20/h5,7-8,11-12,19-23,27-29H,4,6,9-10,13-17,26H2,1-3H3. The van der Waals surface area contributed by atoms with Crippen LogP contribution >= 0.6 is 0 Å². The van der Waals surface area contributed by atoms with Gasteiger partial charge in [-0.2, -0.15) is 0 Å². The monoisotopic (exact) mass is 419 g/mol. The molecule has 1 aliphatic heterocycles. The van der Waals surface area contributed by atoms with Crippen LogP contribution < -0.4 is 21.7 Å². The Morgan fingerprint density at radius 2 is 1.87 bits per heavy atom. The van der Waals surface area contributed by atoms with Crippen molar-refractivity contribution >= 4 is 0 Å². The van der Waals surface area contributed by atoms with E-state index < -0.39 is 5.67 Å². The van der Waals surface area contributed by atoms with Gasteiger partial charge in [0.05, 0.1) is 12.3 Å². The molecule has 0 bridgehead atoms. The molecule has 0 spiro atoms. The lowest BCUT2D eigenvalue weighted by molar-refractivity contribution is -0.0818. The van der Waals surface area contributed by atoms with Crippen LogP contribution in [0.5, 0.6) is 0 Å². The number of halogens is 1. The van der Waals surface area contributed by atoms with Crippen LogP contribution in [0.1, 0.15) is 71.3 Å². The molecule has 1 aromatic carbocycles. The average Bonchev–Trinajstić information content (AvgIpc) is 2.74. The predicted molar refractivity (Wildman–Crippen MR) is 123 cm³/mol. The predicted octanol–water partition coefficient (Wildman–Crippen LogP) is 3.46. The normalized spacial score (nSPS) is 27.8. The molecule has 4 unspecified atom stereocenters. The number of rotatable bonds is 9. The van der Waals surface area contributed by atoms with E-state index in [0.29, 0.717) is 12.1 Å². The first-order valence-corrected chi connectivity index (χ1v) is 11.9. The minimum Gasteiger partial charge on any atom is -0.311 e. The Morgan fingerprint density at radius 1 is 1.17 bits per heavy atom. The summed E-state index contributed by atoms with van der Waals surface area (Å²) in [7, 11) is 0. The van der Waals surface area contributed by atoms with Crippen molar-refractivity contribution in [2.24, 2.45) is 5.73 Å². The van der Waals surface area contributed by atoms with Gasteiger partial charge in [-0.05, 0) is 51.5 Å². The second-order valence-corrected chi connectivity index (χ2v) is 9.57. The first-order valence-electron chi connectivity index (χ1n) is 11.9. The molecule has 4 atom stereocenters. The molecule has 5 N–H and O–H groups in total.